The molecule has 1 aliphatic rings. The van der Waals surface area contributed by atoms with Crippen LogP contribution in [0.25, 0.3) is 0 Å². The summed E-state index contributed by atoms with van der Waals surface area (Å²) < 4.78 is 36.1. The Kier molecular flexibility index (Phi) is 5.93. The van der Waals surface area contributed by atoms with Crippen molar-refractivity contribution < 1.29 is 27.3 Å². The standard InChI is InChI=1S/C12H20O6S/c1-2-3-4-5-10(19(15,16)17)7-6-9-8-11(13)18-12(9)14/h9-10H,2-8H2,1H3,(H,15,16,17). The fourth-order valence-electron chi connectivity index (χ4n) is 2.19. The minimum atomic E-state index is -4.11. The molecule has 0 radical (unpaired) electrons. The van der Waals surface area contributed by atoms with E-state index in [0.717, 1.165) is 19.3 Å². The lowest BCUT2D eigenvalue weighted by Crippen LogP contribution is -2.22. The lowest BCUT2D eigenvalue weighted by atomic mass is 9.98. The van der Waals surface area contributed by atoms with Crippen molar-refractivity contribution in [3.05, 3.63) is 0 Å². The molecule has 0 spiro atoms. The smallest absolute Gasteiger partial charge is 0.317 e. The molecule has 1 aliphatic heterocycles. The molecular formula is C12H20O6S. The SMILES string of the molecule is CCCCCC(CCC1CC(=O)OC1=O)S(=O)(=O)O. The van der Waals surface area contributed by atoms with Crippen LogP contribution in [-0.2, 0) is 24.4 Å². The highest BCUT2D eigenvalue weighted by atomic mass is 32.2. The molecule has 2 unspecified atom stereocenters. The maximum absolute atomic E-state index is 11.3. The molecule has 110 valence electrons. The highest BCUT2D eigenvalue weighted by Gasteiger charge is 2.34. The molecule has 0 saturated carbocycles. The van der Waals surface area contributed by atoms with E-state index >= 15 is 0 Å². The van der Waals surface area contributed by atoms with Gasteiger partial charge < -0.3 is 4.74 Å². The maximum atomic E-state index is 11.3. The summed E-state index contributed by atoms with van der Waals surface area (Å²) in [6.07, 6.45) is 3.39. The summed E-state index contributed by atoms with van der Waals surface area (Å²) in [5.41, 5.74) is 0. The number of hydrogen-bond donors (Lipinski definition) is 1. The largest absolute Gasteiger partial charge is 0.393 e. The third kappa shape index (κ3) is 5.28. The Bertz CT molecular complexity index is 428. The molecule has 6 nitrogen and oxygen atoms in total. The van der Waals surface area contributed by atoms with Crippen molar-refractivity contribution in [1.29, 1.82) is 0 Å². The molecule has 1 rings (SSSR count). The summed E-state index contributed by atoms with van der Waals surface area (Å²) >= 11 is 0. The molecule has 0 aromatic heterocycles. The van der Waals surface area contributed by atoms with Gasteiger partial charge in [0.25, 0.3) is 10.1 Å². The van der Waals surface area contributed by atoms with E-state index in [1.807, 2.05) is 6.92 Å². The Hall–Kier alpha value is -0.950. The molecule has 0 amide bonds. The van der Waals surface area contributed by atoms with Crippen LogP contribution >= 0.6 is 0 Å². The van der Waals surface area contributed by atoms with Crippen LogP contribution in [0.5, 0.6) is 0 Å². The lowest BCUT2D eigenvalue weighted by molar-refractivity contribution is -0.153. The Morgan fingerprint density at radius 3 is 2.47 bits per heavy atom. The number of ether oxygens (including phenoxy) is 1. The molecule has 1 saturated heterocycles. The lowest BCUT2D eigenvalue weighted by Gasteiger charge is -2.14. The van der Waals surface area contributed by atoms with Crippen molar-refractivity contribution in [2.24, 2.45) is 5.92 Å². The van der Waals surface area contributed by atoms with Crippen LogP contribution in [0.4, 0.5) is 0 Å². The quantitative estimate of drug-likeness (QED) is 0.316. The second-order valence-electron chi connectivity index (χ2n) is 4.90. The molecule has 7 heteroatoms. The predicted octanol–water partition coefficient (Wildman–Crippen LogP) is 1.69. The van der Waals surface area contributed by atoms with Crippen LogP contribution < -0.4 is 0 Å². The van der Waals surface area contributed by atoms with Gasteiger partial charge in [0.1, 0.15) is 0 Å². The first-order chi connectivity index (χ1) is 8.84. The van der Waals surface area contributed by atoms with Gasteiger partial charge in [-0.15, -0.1) is 0 Å². The molecule has 1 heterocycles. The highest BCUT2D eigenvalue weighted by Crippen LogP contribution is 2.25. The van der Waals surface area contributed by atoms with E-state index in [-0.39, 0.29) is 19.3 Å². The molecule has 0 bridgehead atoms. The van der Waals surface area contributed by atoms with E-state index in [1.165, 1.54) is 0 Å². The molecule has 1 N–H and O–H groups in total. The number of cyclic esters (lactones) is 2. The fraction of sp³-hybridized carbons (Fsp3) is 0.833. The zero-order chi connectivity index (χ0) is 14.5. The van der Waals surface area contributed by atoms with E-state index in [2.05, 4.69) is 4.74 Å². The minimum absolute atomic E-state index is 0.00594. The number of unbranched alkanes of at least 4 members (excludes halogenated alkanes) is 2. The van der Waals surface area contributed by atoms with Gasteiger partial charge in [0.2, 0.25) is 0 Å². The van der Waals surface area contributed by atoms with E-state index in [4.69, 9.17) is 4.55 Å². The van der Waals surface area contributed by atoms with Gasteiger partial charge in [-0.3, -0.25) is 14.1 Å². The Morgan fingerprint density at radius 2 is 2.00 bits per heavy atom. The summed E-state index contributed by atoms with van der Waals surface area (Å²) in [6, 6.07) is 0. The van der Waals surface area contributed by atoms with Crippen molar-refractivity contribution in [1.82, 2.24) is 0 Å². The average Bonchev–Trinajstić information content (AvgIpc) is 2.60. The summed E-state index contributed by atoms with van der Waals surface area (Å²) in [5, 5.41) is -0.859. The normalized spacial score (nSPS) is 21.5. The van der Waals surface area contributed by atoms with Gasteiger partial charge in [0.15, 0.2) is 0 Å². The number of carbonyl (C=O) groups excluding carboxylic acids is 2. The third-order valence-corrected chi connectivity index (χ3v) is 4.66. The third-order valence-electron chi connectivity index (χ3n) is 3.35. The van der Waals surface area contributed by atoms with Crippen LogP contribution in [0.2, 0.25) is 0 Å². The van der Waals surface area contributed by atoms with Gasteiger partial charge in [-0.2, -0.15) is 8.42 Å². The summed E-state index contributed by atoms with van der Waals surface area (Å²) in [6.45, 7) is 2.00. The minimum Gasteiger partial charge on any atom is -0.393 e. The van der Waals surface area contributed by atoms with Crippen molar-refractivity contribution in [2.75, 3.05) is 0 Å². The number of rotatable bonds is 8. The average molecular weight is 292 g/mol. The van der Waals surface area contributed by atoms with E-state index in [0.29, 0.717) is 6.42 Å². The van der Waals surface area contributed by atoms with Gasteiger partial charge in [0.05, 0.1) is 17.6 Å². The Labute approximate surface area is 113 Å². The Morgan fingerprint density at radius 1 is 1.32 bits per heavy atom. The van der Waals surface area contributed by atoms with Crippen LogP contribution in [0, 0.1) is 5.92 Å². The number of carbonyl (C=O) groups is 2. The van der Waals surface area contributed by atoms with Crippen molar-refractivity contribution in [3.63, 3.8) is 0 Å². The van der Waals surface area contributed by atoms with Crippen LogP contribution in [0.15, 0.2) is 0 Å². The first-order valence-electron chi connectivity index (χ1n) is 6.55. The van der Waals surface area contributed by atoms with E-state index < -0.39 is 33.2 Å². The first-order valence-corrected chi connectivity index (χ1v) is 8.05. The van der Waals surface area contributed by atoms with Gasteiger partial charge in [-0.05, 0) is 19.3 Å². The van der Waals surface area contributed by atoms with Crippen LogP contribution in [0.1, 0.15) is 51.9 Å². The monoisotopic (exact) mass is 292 g/mol. The molecular weight excluding hydrogens is 272 g/mol. The van der Waals surface area contributed by atoms with Gasteiger partial charge in [0, 0.05) is 0 Å². The van der Waals surface area contributed by atoms with Crippen molar-refractivity contribution >= 4 is 22.1 Å². The van der Waals surface area contributed by atoms with Crippen LogP contribution in [0.3, 0.4) is 0 Å². The zero-order valence-corrected chi connectivity index (χ0v) is 11.8. The molecule has 19 heavy (non-hydrogen) atoms. The number of hydrogen-bond acceptors (Lipinski definition) is 5. The van der Waals surface area contributed by atoms with Gasteiger partial charge in [-0.1, -0.05) is 26.2 Å². The Balaban J connectivity index is 2.49. The molecule has 0 aliphatic carbocycles. The first kappa shape index (κ1) is 16.1. The second-order valence-corrected chi connectivity index (χ2v) is 6.60. The zero-order valence-electron chi connectivity index (χ0n) is 11.0. The molecule has 0 aromatic rings. The second kappa shape index (κ2) is 7.00. The molecule has 1 fully saturated rings. The number of esters is 2. The predicted molar refractivity (Wildman–Crippen MR) is 67.9 cm³/mol. The summed E-state index contributed by atoms with van der Waals surface area (Å²) in [5.74, 6) is -1.72. The topological polar surface area (TPSA) is 97.7 Å². The summed E-state index contributed by atoms with van der Waals surface area (Å²) in [4.78, 5) is 22.2. The fourth-order valence-corrected chi connectivity index (χ4v) is 3.09. The summed E-state index contributed by atoms with van der Waals surface area (Å²) in [7, 11) is -4.11. The van der Waals surface area contributed by atoms with E-state index in [1.54, 1.807) is 0 Å². The van der Waals surface area contributed by atoms with Gasteiger partial charge >= 0.3 is 11.9 Å². The highest BCUT2D eigenvalue weighted by molar-refractivity contribution is 7.86. The van der Waals surface area contributed by atoms with Crippen molar-refractivity contribution in [2.45, 2.75) is 57.1 Å². The molecule has 2 atom stereocenters. The van der Waals surface area contributed by atoms with E-state index in [9.17, 15) is 18.0 Å². The van der Waals surface area contributed by atoms with Crippen molar-refractivity contribution in [3.8, 4) is 0 Å². The maximum Gasteiger partial charge on any atom is 0.317 e. The van der Waals surface area contributed by atoms with Crippen LogP contribution in [-0.4, -0.2) is 30.2 Å². The molecule has 0 aromatic carbocycles. The van der Waals surface area contributed by atoms with Gasteiger partial charge in [-0.25, -0.2) is 0 Å².